The van der Waals surface area contributed by atoms with Gasteiger partial charge in [0.05, 0.1) is 11.1 Å². The lowest BCUT2D eigenvalue weighted by atomic mass is 9.97. The molecule has 2 aromatic rings. The fraction of sp³-hybridized carbons (Fsp3) is 0.118. The van der Waals surface area contributed by atoms with Gasteiger partial charge in [-0.1, -0.05) is 0 Å². The molecule has 0 aliphatic heterocycles. The molecule has 0 amide bonds. The Morgan fingerprint density at radius 3 is 1.41 bits per heavy atom. The van der Waals surface area contributed by atoms with Gasteiger partial charge in [-0.05, 0) is 50.2 Å². The highest BCUT2D eigenvalue weighted by atomic mass is 16.3. The Hall–Kier alpha value is -2.95. The van der Waals surface area contributed by atoms with Gasteiger partial charge in [-0.2, -0.15) is 0 Å². The van der Waals surface area contributed by atoms with Crippen molar-refractivity contribution >= 4 is 17.3 Å². The Labute approximate surface area is 126 Å². The van der Waals surface area contributed by atoms with E-state index in [4.69, 9.17) is 0 Å². The van der Waals surface area contributed by atoms with Gasteiger partial charge in [-0.3, -0.25) is 14.4 Å². The summed E-state index contributed by atoms with van der Waals surface area (Å²) in [5.41, 5.74) is 0.527. The molecule has 0 saturated carbocycles. The summed E-state index contributed by atoms with van der Waals surface area (Å²) in [5.74, 6) is -1.52. The molecule has 0 saturated heterocycles. The number of hydrogen-bond donors (Lipinski definition) is 2. The smallest absolute Gasteiger partial charge is 0.193 e. The number of benzene rings is 2. The van der Waals surface area contributed by atoms with Crippen LogP contribution in [0.3, 0.4) is 0 Å². The van der Waals surface area contributed by atoms with Crippen LogP contribution in [0.15, 0.2) is 36.4 Å². The number of aromatic hydroxyl groups is 2. The molecule has 0 heterocycles. The average molecular weight is 298 g/mol. The van der Waals surface area contributed by atoms with E-state index >= 15 is 0 Å². The first kappa shape index (κ1) is 15.4. The molecule has 0 aromatic heterocycles. The summed E-state index contributed by atoms with van der Waals surface area (Å²) in [4.78, 5) is 35.3. The fourth-order valence-corrected chi connectivity index (χ4v) is 2.09. The first-order valence-electron chi connectivity index (χ1n) is 6.54. The van der Waals surface area contributed by atoms with Crippen LogP contribution in [-0.4, -0.2) is 27.6 Å². The van der Waals surface area contributed by atoms with E-state index in [-0.39, 0.29) is 45.3 Å². The fourth-order valence-electron chi connectivity index (χ4n) is 2.09. The van der Waals surface area contributed by atoms with E-state index in [0.29, 0.717) is 0 Å². The van der Waals surface area contributed by atoms with Crippen LogP contribution in [-0.2, 0) is 0 Å². The second kappa shape index (κ2) is 5.81. The second-order valence-electron chi connectivity index (χ2n) is 4.91. The van der Waals surface area contributed by atoms with Crippen LogP contribution in [0.2, 0.25) is 0 Å². The highest BCUT2D eigenvalue weighted by Gasteiger charge is 2.16. The van der Waals surface area contributed by atoms with Crippen molar-refractivity contribution in [3.63, 3.8) is 0 Å². The van der Waals surface area contributed by atoms with Crippen LogP contribution >= 0.6 is 0 Å². The first-order valence-corrected chi connectivity index (χ1v) is 6.54. The zero-order valence-electron chi connectivity index (χ0n) is 12.1. The second-order valence-corrected chi connectivity index (χ2v) is 4.91. The van der Waals surface area contributed by atoms with Crippen molar-refractivity contribution in [3.8, 4) is 11.5 Å². The maximum Gasteiger partial charge on any atom is 0.193 e. The number of rotatable bonds is 4. The maximum atomic E-state index is 12.4. The van der Waals surface area contributed by atoms with Gasteiger partial charge in [0.1, 0.15) is 11.5 Å². The molecule has 0 spiro atoms. The van der Waals surface area contributed by atoms with Gasteiger partial charge in [0.2, 0.25) is 0 Å². The number of carbonyl (C=O) groups excluding carboxylic acids is 3. The zero-order valence-corrected chi connectivity index (χ0v) is 12.1. The summed E-state index contributed by atoms with van der Waals surface area (Å²) in [6.45, 7) is 2.58. The number of phenolic OH excluding ortho intramolecular Hbond substituents is 2. The van der Waals surface area contributed by atoms with Crippen LogP contribution in [0.4, 0.5) is 0 Å². The monoisotopic (exact) mass is 298 g/mol. The maximum absolute atomic E-state index is 12.4. The summed E-state index contributed by atoms with van der Waals surface area (Å²) in [6, 6.07) is 7.95. The minimum Gasteiger partial charge on any atom is -0.507 e. The molecule has 2 aromatic carbocycles. The van der Waals surface area contributed by atoms with Crippen LogP contribution in [0.5, 0.6) is 11.5 Å². The van der Waals surface area contributed by atoms with Gasteiger partial charge in [0.15, 0.2) is 17.3 Å². The summed E-state index contributed by atoms with van der Waals surface area (Å²) in [7, 11) is 0. The molecule has 22 heavy (non-hydrogen) atoms. The molecular weight excluding hydrogens is 284 g/mol. The molecule has 5 nitrogen and oxygen atoms in total. The van der Waals surface area contributed by atoms with Crippen molar-refractivity contribution in [1.82, 2.24) is 0 Å². The Morgan fingerprint density at radius 1 is 0.727 bits per heavy atom. The number of Topliss-reactive ketones (excluding diaryl/α,β-unsaturated/α-hetero) is 2. The minimum atomic E-state index is -0.412. The summed E-state index contributed by atoms with van der Waals surface area (Å²) in [6.07, 6.45) is 0. The van der Waals surface area contributed by atoms with Crippen LogP contribution in [0.25, 0.3) is 0 Å². The van der Waals surface area contributed by atoms with Crippen LogP contribution in [0.1, 0.15) is 50.5 Å². The van der Waals surface area contributed by atoms with Gasteiger partial charge < -0.3 is 10.2 Å². The molecule has 0 fully saturated rings. The average Bonchev–Trinajstić information content (AvgIpc) is 2.47. The molecule has 0 unspecified atom stereocenters. The third-order valence-electron chi connectivity index (χ3n) is 3.28. The number of carbonyl (C=O) groups is 3. The summed E-state index contributed by atoms with van der Waals surface area (Å²) >= 11 is 0. The van der Waals surface area contributed by atoms with Crippen molar-refractivity contribution in [3.05, 3.63) is 58.7 Å². The standard InChI is InChI=1S/C17H14O5/c1-9(18)13-7-11(3-5-15(13)20)17(22)12-4-6-16(21)14(8-12)10(2)19/h3-8,20-21H,1-2H3. The van der Waals surface area contributed by atoms with Crippen LogP contribution < -0.4 is 0 Å². The van der Waals surface area contributed by atoms with E-state index in [1.807, 2.05) is 0 Å². The third-order valence-corrected chi connectivity index (χ3v) is 3.28. The lowest BCUT2D eigenvalue weighted by Crippen LogP contribution is -2.05. The number of hydrogen-bond acceptors (Lipinski definition) is 5. The quantitative estimate of drug-likeness (QED) is 0.847. The molecule has 0 atom stereocenters. The zero-order chi connectivity index (χ0) is 16.4. The molecule has 5 heteroatoms. The Balaban J connectivity index is 2.49. The van der Waals surface area contributed by atoms with Crippen molar-refractivity contribution in [2.75, 3.05) is 0 Å². The third kappa shape index (κ3) is 2.88. The van der Waals surface area contributed by atoms with Crippen molar-refractivity contribution in [2.24, 2.45) is 0 Å². The largest absolute Gasteiger partial charge is 0.507 e. The summed E-state index contributed by atoms with van der Waals surface area (Å²) < 4.78 is 0. The molecular formula is C17H14O5. The Bertz CT molecular complexity index is 724. The topological polar surface area (TPSA) is 91.7 Å². The van der Waals surface area contributed by atoms with Gasteiger partial charge in [-0.15, -0.1) is 0 Å². The molecule has 0 aliphatic carbocycles. The number of phenols is 2. The Kier molecular flexibility index (Phi) is 4.08. The van der Waals surface area contributed by atoms with Crippen molar-refractivity contribution in [2.45, 2.75) is 13.8 Å². The van der Waals surface area contributed by atoms with E-state index in [1.54, 1.807) is 0 Å². The number of ketones is 3. The van der Waals surface area contributed by atoms with E-state index < -0.39 is 5.78 Å². The van der Waals surface area contributed by atoms with Gasteiger partial charge in [0, 0.05) is 11.1 Å². The predicted molar refractivity (Wildman–Crippen MR) is 79.7 cm³/mol. The first-order chi connectivity index (χ1) is 10.3. The van der Waals surface area contributed by atoms with E-state index in [0.717, 1.165) is 0 Å². The van der Waals surface area contributed by atoms with Gasteiger partial charge in [0.25, 0.3) is 0 Å². The SMILES string of the molecule is CC(=O)c1cc(C(=O)c2ccc(O)c(C(C)=O)c2)ccc1O. The predicted octanol–water partition coefficient (Wildman–Crippen LogP) is 2.73. The van der Waals surface area contributed by atoms with Gasteiger partial charge >= 0.3 is 0 Å². The van der Waals surface area contributed by atoms with E-state index in [9.17, 15) is 24.6 Å². The lowest BCUT2D eigenvalue weighted by molar-refractivity contribution is 0.100. The Morgan fingerprint density at radius 2 is 1.09 bits per heavy atom. The van der Waals surface area contributed by atoms with Crippen LogP contribution in [0, 0.1) is 0 Å². The molecule has 0 aliphatic rings. The minimum absolute atomic E-state index is 0.0522. The molecule has 2 N–H and O–H groups in total. The van der Waals surface area contributed by atoms with Gasteiger partial charge in [-0.25, -0.2) is 0 Å². The molecule has 112 valence electrons. The van der Waals surface area contributed by atoms with E-state index in [2.05, 4.69) is 0 Å². The highest BCUT2D eigenvalue weighted by Crippen LogP contribution is 2.24. The molecule has 2 rings (SSSR count). The van der Waals surface area contributed by atoms with E-state index in [1.165, 1.54) is 50.2 Å². The molecule has 0 bridgehead atoms. The lowest BCUT2D eigenvalue weighted by Gasteiger charge is -2.07. The normalized spacial score (nSPS) is 10.3. The van der Waals surface area contributed by atoms with Crippen molar-refractivity contribution < 1.29 is 24.6 Å². The van der Waals surface area contributed by atoms with Crippen molar-refractivity contribution in [1.29, 1.82) is 0 Å². The molecule has 0 radical (unpaired) electrons. The highest BCUT2D eigenvalue weighted by molar-refractivity contribution is 6.12. The summed E-state index contributed by atoms with van der Waals surface area (Å²) in [5, 5.41) is 19.2.